The number of sulfonamides is 1. The van der Waals surface area contributed by atoms with Crippen LogP contribution in [0.5, 0.6) is 0 Å². The van der Waals surface area contributed by atoms with Crippen molar-refractivity contribution in [3.8, 4) is 0 Å². The van der Waals surface area contributed by atoms with Crippen LogP contribution in [0.15, 0.2) is 45.0 Å². The Morgan fingerprint density at radius 2 is 1.67 bits per heavy atom. The molecule has 0 aliphatic carbocycles. The highest BCUT2D eigenvalue weighted by atomic mass is 32.2. The van der Waals surface area contributed by atoms with E-state index in [9.17, 15) is 32.4 Å². The highest BCUT2D eigenvalue weighted by Gasteiger charge is 2.27. The molecule has 0 saturated heterocycles. The minimum atomic E-state index is -4.16. The first-order chi connectivity index (χ1) is 21.3. The van der Waals surface area contributed by atoms with Crippen LogP contribution in [-0.2, 0) is 40.3 Å². The second-order valence-electron chi connectivity index (χ2n) is 8.94. The number of anilines is 1. The fourth-order valence-corrected chi connectivity index (χ4v) is 4.76. The van der Waals surface area contributed by atoms with Crippen molar-refractivity contribution in [3.05, 3.63) is 57.5 Å². The Morgan fingerprint density at radius 3 is 2.31 bits per heavy atom. The van der Waals surface area contributed by atoms with Crippen molar-refractivity contribution in [2.75, 3.05) is 37.7 Å². The van der Waals surface area contributed by atoms with Crippen molar-refractivity contribution in [1.82, 2.24) is 20.7 Å². The molecule has 1 aromatic carbocycles. The molecule has 2 aromatic rings. The van der Waals surface area contributed by atoms with Gasteiger partial charge >= 0.3 is 18.3 Å². The van der Waals surface area contributed by atoms with E-state index >= 15 is 0 Å². The average molecular weight is 653 g/mol. The van der Waals surface area contributed by atoms with Gasteiger partial charge < -0.3 is 24.5 Å². The number of H-pyrrole nitrogens is 1. The summed E-state index contributed by atoms with van der Waals surface area (Å²) in [7, 11) is -4.16. The fraction of sp³-hybridized carbons (Fsp3) is 0.407. The van der Waals surface area contributed by atoms with E-state index in [1.165, 1.54) is 39.0 Å². The number of hydroxylamine groups is 2. The van der Waals surface area contributed by atoms with Gasteiger partial charge in [0.2, 0.25) is 11.9 Å². The molecule has 0 aliphatic rings. The van der Waals surface area contributed by atoms with Gasteiger partial charge in [-0.05, 0) is 63.9 Å². The Hall–Kier alpha value is -4.97. The number of pyridine rings is 1. The van der Waals surface area contributed by atoms with E-state index < -0.39 is 58.8 Å². The number of alkyl carbamates (subject to hydrolysis) is 1. The van der Waals surface area contributed by atoms with Crippen molar-refractivity contribution in [2.24, 2.45) is 4.99 Å². The molecule has 4 amide bonds. The summed E-state index contributed by atoms with van der Waals surface area (Å²) in [6.07, 6.45) is -3.78. The normalized spacial score (nSPS) is 11.3. The van der Waals surface area contributed by atoms with Crippen molar-refractivity contribution >= 4 is 45.9 Å². The molecule has 1 aromatic heterocycles. The molecule has 18 heteroatoms. The van der Waals surface area contributed by atoms with Gasteiger partial charge in [0, 0.05) is 12.2 Å². The first kappa shape index (κ1) is 36.2. The number of carbonyl (C=O) groups excluding carboxylic acids is 4. The number of aryl methyl sites for hydroxylation is 2. The number of aliphatic imine (C=N–C) groups is 1. The number of guanidine groups is 1. The summed E-state index contributed by atoms with van der Waals surface area (Å²) >= 11 is 0. The molecule has 17 nitrogen and oxygen atoms in total. The zero-order valence-corrected chi connectivity index (χ0v) is 26.2. The SMILES string of the molecule is CCOC(=O)N=C(NC(=O)OCC)N(OCCNC(=O)Cc1cc(C)[nH]c(=O)c1NS(=O)(=O)c1cccc(C)c1)C(=O)OCC. The molecular formula is C27H36N6O11S. The highest BCUT2D eigenvalue weighted by molar-refractivity contribution is 7.92. The predicted octanol–water partition coefficient (Wildman–Crippen LogP) is 2.10. The maximum atomic E-state index is 13.0. The molecule has 45 heavy (non-hydrogen) atoms. The Balaban J connectivity index is 2.17. The van der Waals surface area contributed by atoms with Crippen molar-refractivity contribution < 1.29 is 46.6 Å². The molecule has 2 rings (SSSR count). The van der Waals surface area contributed by atoms with Gasteiger partial charge in [0.25, 0.3) is 15.6 Å². The van der Waals surface area contributed by atoms with Crippen LogP contribution in [0, 0.1) is 13.8 Å². The lowest BCUT2D eigenvalue weighted by atomic mass is 10.1. The third kappa shape index (κ3) is 11.6. The number of aromatic amines is 1. The number of carbonyl (C=O) groups is 4. The van der Waals surface area contributed by atoms with Crippen molar-refractivity contribution in [3.63, 3.8) is 0 Å². The second kappa shape index (κ2) is 17.4. The summed E-state index contributed by atoms with van der Waals surface area (Å²) in [6.45, 7) is 7.01. The standard InChI is InChI=1S/C27H36N6O11S/c1-6-41-25(36)30-24(31-26(37)42-7-2)33(27(38)43-8-3)44-13-12-28-21(34)16-19-15-18(5)29-23(35)22(19)32-45(39,40)20-11-9-10-17(4)14-20/h9-11,14-15,32H,6-8,12-13,16H2,1-5H3,(H,28,34)(H,29,35)(H,30,31,36,37). The lowest BCUT2D eigenvalue weighted by Gasteiger charge is -2.22. The second-order valence-corrected chi connectivity index (χ2v) is 10.6. The third-order valence-electron chi connectivity index (χ3n) is 5.36. The zero-order chi connectivity index (χ0) is 33.6. The number of ether oxygens (including phenoxy) is 3. The van der Waals surface area contributed by atoms with Crippen LogP contribution in [0.3, 0.4) is 0 Å². The molecule has 0 saturated carbocycles. The minimum Gasteiger partial charge on any atom is -0.450 e. The molecular weight excluding hydrogens is 616 g/mol. The molecule has 0 fully saturated rings. The van der Waals surface area contributed by atoms with Crippen LogP contribution in [-0.4, -0.2) is 81.6 Å². The molecule has 0 aliphatic heterocycles. The molecule has 246 valence electrons. The number of hydrogen-bond acceptors (Lipinski definition) is 11. The summed E-state index contributed by atoms with van der Waals surface area (Å²) in [5.41, 5.74) is 0.102. The predicted molar refractivity (Wildman–Crippen MR) is 160 cm³/mol. The number of benzene rings is 1. The summed E-state index contributed by atoms with van der Waals surface area (Å²) in [4.78, 5) is 73.3. The highest BCUT2D eigenvalue weighted by Crippen LogP contribution is 2.19. The molecule has 4 N–H and O–H groups in total. The minimum absolute atomic E-state index is 0.0350. The summed E-state index contributed by atoms with van der Waals surface area (Å²) in [6, 6.07) is 7.53. The van der Waals surface area contributed by atoms with E-state index in [0.29, 0.717) is 16.3 Å². The molecule has 0 radical (unpaired) electrons. The molecule has 0 atom stereocenters. The Morgan fingerprint density at radius 1 is 0.978 bits per heavy atom. The fourth-order valence-electron chi connectivity index (χ4n) is 3.55. The van der Waals surface area contributed by atoms with Gasteiger partial charge in [-0.1, -0.05) is 12.1 Å². The maximum absolute atomic E-state index is 13.0. The van der Waals surface area contributed by atoms with Gasteiger partial charge in [0.1, 0.15) is 5.69 Å². The van der Waals surface area contributed by atoms with Gasteiger partial charge in [0.15, 0.2) is 0 Å². The van der Waals surface area contributed by atoms with Crippen LogP contribution in [0.25, 0.3) is 0 Å². The first-order valence-electron chi connectivity index (χ1n) is 13.7. The van der Waals surface area contributed by atoms with Gasteiger partial charge in [-0.3, -0.25) is 24.5 Å². The Bertz CT molecular complexity index is 1570. The molecule has 0 bridgehead atoms. The van der Waals surface area contributed by atoms with E-state index in [-0.39, 0.29) is 42.5 Å². The number of hydrogen-bond donors (Lipinski definition) is 4. The van der Waals surface area contributed by atoms with Crippen LogP contribution in [0.1, 0.15) is 37.6 Å². The van der Waals surface area contributed by atoms with E-state index in [0.717, 1.165) is 0 Å². The monoisotopic (exact) mass is 652 g/mol. The Labute approximate surface area is 259 Å². The lowest BCUT2D eigenvalue weighted by Crippen LogP contribution is -2.48. The zero-order valence-electron chi connectivity index (χ0n) is 25.4. The van der Waals surface area contributed by atoms with E-state index in [4.69, 9.17) is 19.0 Å². The van der Waals surface area contributed by atoms with Crippen LogP contribution in [0.4, 0.5) is 20.1 Å². The quantitative estimate of drug-likeness (QED) is 0.0854. The number of nitrogens with zero attached hydrogens (tertiary/aromatic N) is 2. The van der Waals surface area contributed by atoms with Crippen LogP contribution >= 0.6 is 0 Å². The van der Waals surface area contributed by atoms with Crippen molar-refractivity contribution in [1.29, 1.82) is 0 Å². The molecule has 0 unspecified atom stereocenters. The van der Waals surface area contributed by atoms with Crippen molar-refractivity contribution in [2.45, 2.75) is 45.9 Å². The Kier molecular flexibility index (Phi) is 14.0. The van der Waals surface area contributed by atoms with Gasteiger partial charge in [-0.15, -0.1) is 10.1 Å². The van der Waals surface area contributed by atoms with Gasteiger partial charge in [0.05, 0.1) is 37.7 Å². The van der Waals surface area contributed by atoms with E-state index in [2.05, 4.69) is 25.3 Å². The number of nitrogens with one attached hydrogen (secondary N) is 4. The number of aromatic nitrogens is 1. The summed E-state index contributed by atoms with van der Waals surface area (Å²) < 4.78 is 42.6. The number of amides is 4. The smallest absolute Gasteiger partial charge is 0.441 e. The first-order valence-corrected chi connectivity index (χ1v) is 15.2. The van der Waals surface area contributed by atoms with Gasteiger partial charge in [-0.2, -0.15) is 0 Å². The number of rotatable bonds is 12. The van der Waals surface area contributed by atoms with E-state index in [1.807, 2.05) is 0 Å². The van der Waals surface area contributed by atoms with E-state index in [1.54, 1.807) is 26.0 Å². The summed E-state index contributed by atoms with van der Waals surface area (Å²) in [5, 5.41) is 4.98. The van der Waals surface area contributed by atoms with Crippen LogP contribution in [0.2, 0.25) is 0 Å². The average Bonchev–Trinajstić information content (AvgIpc) is 2.95. The maximum Gasteiger partial charge on any atom is 0.441 e. The van der Waals surface area contributed by atoms with Crippen LogP contribution < -0.4 is 20.9 Å². The molecule has 0 spiro atoms. The lowest BCUT2D eigenvalue weighted by molar-refractivity contribution is -0.121. The largest absolute Gasteiger partial charge is 0.450 e. The third-order valence-corrected chi connectivity index (χ3v) is 6.71. The summed E-state index contributed by atoms with van der Waals surface area (Å²) in [5.74, 6) is -1.35. The van der Waals surface area contributed by atoms with Gasteiger partial charge in [-0.25, -0.2) is 22.8 Å². The molecule has 1 heterocycles. The topological polar surface area (TPSA) is 224 Å².